The SMILES string of the molecule is Cc1nc(C)c2c(n1)CC1CCNCC1C2. The van der Waals surface area contributed by atoms with Gasteiger partial charge in [0.1, 0.15) is 5.82 Å². The van der Waals surface area contributed by atoms with E-state index in [4.69, 9.17) is 0 Å². The fourth-order valence-corrected chi connectivity index (χ4v) is 3.24. The molecule has 2 unspecified atom stereocenters. The largest absolute Gasteiger partial charge is 0.316 e. The summed E-state index contributed by atoms with van der Waals surface area (Å²) in [7, 11) is 0. The lowest BCUT2D eigenvalue weighted by molar-refractivity contribution is 0.234. The summed E-state index contributed by atoms with van der Waals surface area (Å²) in [6.45, 7) is 6.49. The van der Waals surface area contributed by atoms with E-state index in [1.807, 2.05) is 6.92 Å². The Labute approximate surface area is 96.7 Å². The van der Waals surface area contributed by atoms with E-state index in [1.165, 1.54) is 49.3 Å². The first-order valence-corrected chi connectivity index (χ1v) is 6.27. The fourth-order valence-electron chi connectivity index (χ4n) is 3.24. The predicted octanol–water partition coefficient (Wildman–Crippen LogP) is 1.42. The maximum atomic E-state index is 4.63. The average Bonchev–Trinajstić information content (AvgIpc) is 2.27. The minimum absolute atomic E-state index is 0.811. The van der Waals surface area contributed by atoms with Crippen LogP contribution in [-0.2, 0) is 12.8 Å². The monoisotopic (exact) mass is 217 g/mol. The first kappa shape index (κ1) is 10.2. The molecule has 0 spiro atoms. The van der Waals surface area contributed by atoms with E-state index in [0.717, 1.165) is 17.7 Å². The molecule has 2 atom stereocenters. The zero-order valence-corrected chi connectivity index (χ0v) is 10.1. The van der Waals surface area contributed by atoms with Gasteiger partial charge >= 0.3 is 0 Å². The number of rotatable bonds is 0. The van der Waals surface area contributed by atoms with Crippen molar-refractivity contribution >= 4 is 0 Å². The lowest BCUT2D eigenvalue weighted by atomic mass is 9.74. The molecule has 1 fully saturated rings. The van der Waals surface area contributed by atoms with E-state index in [1.54, 1.807) is 0 Å². The van der Waals surface area contributed by atoms with Gasteiger partial charge in [0.25, 0.3) is 0 Å². The molecule has 0 radical (unpaired) electrons. The van der Waals surface area contributed by atoms with Crippen LogP contribution in [0.1, 0.15) is 29.2 Å². The van der Waals surface area contributed by atoms with E-state index in [-0.39, 0.29) is 0 Å². The van der Waals surface area contributed by atoms with Crippen molar-refractivity contribution in [3.63, 3.8) is 0 Å². The van der Waals surface area contributed by atoms with Gasteiger partial charge in [-0.1, -0.05) is 0 Å². The Morgan fingerprint density at radius 1 is 1.12 bits per heavy atom. The number of aromatic nitrogens is 2. The van der Waals surface area contributed by atoms with E-state index >= 15 is 0 Å². The van der Waals surface area contributed by atoms with Crippen molar-refractivity contribution in [1.82, 2.24) is 15.3 Å². The molecule has 1 N–H and O–H groups in total. The number of fused-ring (bicyclic) bond motifs is 2. The normalized spacial score (nSPS) is 28.4. The van der Waals surface area contributed by atoms with Gasteiger partial charge in [-0.3, -0.25) is 0 Å². The molecule has 2 aliphatic rings. The summed E-state index contributed by atoms with van der Waals surface area (Å²) in [5, 5.41) is 3.50. The first-order valence-electron chi connectivity index (χ1n) is 6.27. The molecule has 1 aromatic rings. The van der Waals surface area contributed by atoms with Crippen LogP contribution in [0.2, 0.25) is 0 Å². The van der Waals surface area contributed by atoms with Crippen molar-refractivity contribution < 1.29 is 0 Å². The van der Waals surface area contributed by atoms with Crippen molar-refractivity contribution in [1.29, 1.82) is 0 Å². The minimum Gasteiger partial charge on any atom is -0.316 e. The van der Waals surface area contributed by atoms with Gasteiger partial charge in [-0.25, -0.2) is 9.97 Å². The lowest BCUT2D eigenvalue weighted by Crippen LogP contribution is -2.41. The summed E-state index contributed by atoms with van der Waals surface area (Å²) in [6.07, 6.45) is 3.66. The quantitative estimate of drug-likeness (QED) is 0.714. The molecule has 3 heteroatoms. The molecule has 0 amide bonds. The van der Waals surface area contributed by atoms with Gasteiger partial charge in [-0.15, -0.1) is 0 Å². The maximum Gasteiger partial charge on any atom is 0.125 e. The van der Waals surface area contributed by atoms with Gasteiger partial charge in [0.2, 0.25) is 0 Å². The maximum absolute atomic E-state index is 4.63. The molecule has 2 heterocycles. The zero-order chi connectivity index (χ0) is 11.1. The molecule has 0 bridgehead atoms. The number of hydrogen-bond acceptors (Lipinski definition) is 3. The Bertz CT molecular complexity index is 414. The molecular weight excluding hydrogens is 198 g/mol. The molecule has 1 saturated heterocycles. The average molecular weight is 217 g/mol. The van der Waals surface area contributed by atoms with E-state index < -0.39 is 0 Å². The van der Waals surface area contributed by atoms with Crippen molar-refractivity contribution in [2.45, 2.75) is 33.1 Å². The summed E-state index contributed by atoms with van der Waals surface area (Å²) < 4.78 is 0. The topological polar surface area (TPSA) is 37.8 Å². The van der Waals surface area contributed by atoms with Crippen LogP contribution in [0.3, 0.4) is 0 Å². The number of nitrogens with one attached hydrogen (secondary N) is 1. The number of hydrogen-bond donors (Lipinski definition) is 1. The molecule has 3 rings (SSSR count). The Kier molecular flexibility index (Phi) is 2.43. The van der Waals surface area contributed by atoms with Crippen LogP contribution in [-0.4, -0.2) is 23.1 Å². The molecule has 0 aromatic carbocycles. The van der Waals surface area contributed by atoms with Crippen molar-refractivity contribution in [2.24, 2.45) is 11.8 Å². The third-order valence-corrected chi connectivity index (χ3v) is 4.10. The summed E-state index contributed by atoms with van der Waals surface area (Å²) in [6, 6.07) is 0. The second-order valence-corrected chi connectivity index (χ2v) is 5.20. The number of piperidine rings is 1. The highest BCUT2D eigenvalue weighted by atomic mass is 14.9. The molecule has 1 aliphatic carbocycles. The highest BCUT2D eigenvalue weighted by Gasteiger charge is 2.32. The number of aryl methyl sites for hydroxylation is 2. The lowest BCUT2D eigenvalue weighted by Gasteiger charge is -2.36. The van der Waals surface area contributed by atoms with Crippen LogP contribution in [0.5, 0.6) is 0 Å². The van der Waals surface area contributed by atoms with Gasteiger partial charge < -0.3 is 5.32 Å². The Balaban J connectivity index is 1.98. The van der Waals surface area contributed by atoms with Gasteiger partial charge in [-0.2, -0.15) is 0 Å². The predicted molar refractivity (Wildman–Crippen MR) is 63.4 cm³/mol. The molecule has 1 aliphatic heterocycles. The van der Waals surface area contributed by atoms with E-state index in [9.17, 15) is 0 Å². The van der Waals surface area contributed by atoms with Crippen LogP contribution in [0.4, 0.5) is 0 Å². The van der Waals surface area contributed by atoms with Crippen molar-refractivity contribution in [3.05, 3.63) is 22.8 Å². The van der Waals surface area contributed by atoms with E-state index in [2.05, 4.69) is 22.2 Å². The summed E-state index contributed by atoms with van der Waals surface area (Å²) in [4.78, 5) is 9.13. The molecule has 16 heavy (non-hydrogen) atoms. The van der Waals surface area contributed by atoms with Crippen LogP contribution in [0.15, 0.2) is 0 Å². The Morgan fingerprint density at radius 2 is 2.00 bits per heavy atom. The molecular formula is C13H19N3. The van der Waals surface area contributed by atoms with Crippen LogP contribution >= 0.6 is 0 Å². The first-order chi connectivity index (χ1) is 7.74. The smallest absolute Gasteiger partial charge is 0.125 e. The third kappa shape index (κ3) is 1.63. The molecule has 3 nitrogen and oxygen atoms in total. The third-order valence-electron chi connectivity index (χ3n) is 4.10. The minimum atomic E-state index is 0.811. The van der Waals surface area contributed by atoms with Crippen LogP contribution in [0, 0.1) is 25.7 Å². The van der Waals surface area contributed by atoms with Crippen LogP contribution < -0.4 is 5.32 Å². The van der Waals surface area contributed by atoms with Gasteiger partial charge in [0.05, 0.1) is 0 Å². The Hall–Kier alpha value is -0.960. The molecule has 1 aromatic heterocycles. The van der Waals surface area contributed by atoms with Crippen LogP contribution in [0.25, 0.3) is 0 Å². The second-order valence-electron chi connectivity index (χ2n) is 5.20. The highest BCUT2D eigenvalue weighted by molar-refractivity contribution is 5.29. The highest BCUT2D eigenvalue weighted by Crippen LogP contribution is 2.33. The van der Waals surface area contributed by atoms with Crippen molar-refractivity contribution in [2.75, 3.05) is 13.1 Å². The van der Waals surface area contributed by atoms with Crippen molar-refractivity contribution in [3.8, 4) is 0 Å². The molecule has 86 valence electrons. The number of nitrogens with zero attached hydrogens (tertiary/aromatic N) is 2. The molecule has 0 saturated carbocycles. The standard InChI is InChI=1S/C13H19N3/c1-8-12-5-11-7-14-4-3-10(11)6-13(12)16-9(2)15-8/h10-11,14H,3-7H2,1-2H3. The zero-order valence-electron chi connectivity index (χ0n) is 10.1. The second kappa shape index (κ2) is 3.81. The van der Waals surface area contributed by atoms with E-state index in [0.29, 0.717) is 0 Å². The van der Waals surface area contributed by atoms with Gasteiger partial charge in [-0.05, 0) is 63.6 Å². The fraction of sp³-hybridized carbons (Fsp3) is 0.692. The van der Waals surface area contributed by atoms with Gasteiger partial charge in [0.15, 0.2) is 0 Å². The Morgan fingerprint density at radius 3 is 2.88 bits per heavy atom. The summed E-state index contributed by atoms with van der Waals surface area (Å²) >= 11 is 0. The summed E-state index contributed by atoms with van der Waals surface area (Å²) in [5.74, 6) is 2.59. The van der Waals surface area contributed by atoms with Gasteiger partial charge in [0, 0.05) is 11.4 Å². The summed E-state index contributed by atoms with van der Waals surface area (Å²) in [5.41, 5.74) is 3.95.